The first kappa shape index (κ1) is 17.9. The second kappa shape index (κ2) is 7.39. The standard InChI is InChI=1S/C20H24O4/c1-14(19(21)24-18-9-7-6-8-17(18)22-5)23-16-12-10-15(11-13-16)20(2,3)4/h6-14H,1-5H3. The highest BCUT2D eigenvalue weighted by atomic mass is 16.6. The van der Waals surface area contributed by atoms with Crippen molar-refractivity contribution in [2.24, 2.45) is 0 Å². The molecule has 2 rings (SSSR count). The molecule has 0 aromatic heterocycles. The molecular formula is C20H24O4. The smallest absolute Gasteiger partial charge is 0.352 e. The SMILES string of the molecule is COc1ccccc1OC(=O)C(C)Oc1ccc(C(C)(C)C)cc1. The second-order valence-electron chi connectivity index (χ2n) is 6.61. The van der Waals surface area contributed by atoms with Crippen LogP contribution >= 0.6 is 0 Å². The van der Waals surface area contributed by atoms with Gasteiger partial charge in [0.1, 0.15) is 5.75 Å². The second-order valence-corrected chi connectivity index (χ2v) is 6.61. The highest BCUT2D eigenvalue weighted by Crippen LogP contribution is 2.27. The molecule has 4 nitrogen and oxygen atoms in total. The van der Waals surface area contributed by atoms with Gasteiger partial charge in [-0.2, -0.15) is 0 Å². The molecule has 128 valence electrons. The number of para-hydroxylation sites is 2. The first-order valence-corrected chi connectivity index (χ1v) is 7.93. The highest BCUT2D eigenvalue weighted by molar-refractivity contribution is 5.77. The van der Waals surface area contributed by atoms with E-state index in [0.717, 1.165) is 0 Å². The topological polar surface area (TPSA) is 44.8 Å². The summed E-state index contributed by atoms with van der Waals surface area (Å²) in [7, 11) is 1.53. The number of esters is 1. The molecule has 0 aliphatic carbocycles. The molecule has 4 heteroatoms. The molecule has 0 saturated heterocycles. The first-order valence-electron chi connectivity index (χ1n) is 7.93. The molecule has 0 radical (unpaired) electrons. The summed E-state index contributed by atoms with van der Waals surface area (Å²) in [6, 6.07) is 14.8. The average Bonchev–Trinajstić information content (AvgIpc) is 2.55. The summed E-state index contributed by atoms with van der Waals surface area (Å²) in [6.45, 7) is 8.11. The lowest BCUT2D eigenvalue weighted by Gasteiger charge is -2.20. The Morgan fingerprint density at radius 3 is 2.08 bits per heavy atom. The molecule has 1 unspecified atom stereocenters. The number of ether oxygens (including phenoxy) is 3. The van der Waals surface area contributed by atoms with Crippen molar-refractivity contribution < 1.29 is 19.0 Å². The zero-order valence-corrected chi connectivity index (χ0v) is 14.8. The summed E-state index contributed by atoms with van der Waals surface area (Å²) < 4.78 is 16.2. The molecule has 0 aliphatic rings. The summed E-state index contributed by atoms with van der Waals surface area (Å²) in [5, 5.41) is 0. The molecule has 0 heterocycles. The van der Waals surface area contributed by atoms with Crippen molar-refractivity contribution in [2.75, 3.05) is 7.11 Å². The van der Waals surface area contributed by atoms with E-state index in [9.17, 15) is 4.79 Å². The zero-order valence-electron chi connectivity index (χ0n) is 14.8. The van der Waals surface area contributed by atoms with Gasteiger partial charge in [0.05, 0.1) is 7.11 Å². The van der Waals surface area contributed by atoms with E-state index in [1.165, 1.54) is 12.7 Å². The van der Waals surface area contributed by atoms with Gasteiger partial charge in [-0.25, -0.2) is 4.79 Å². The van der Waals surface area contributed by atoms with E-state index in [0.29, 0.717) is 17.2 Å². The van der Waals surface area contributed by atoms with Crippen LogP contribution in [0.1, 0.15) is 33.3 Å². The maximum absolute atomic E-state index is 12.2. The molecule has 24 heavy (non-hydrogen) atoms. The summed E-state index contributed by atoms with van der Waals surface area (Å²) in [4.78, 5) is 12.2. The molecular weight excluding hydrogens is 304 g/mol. The van der Waals surface area contributed by atoms with Crippen LogP contribution in [-0.4, -0.2) is 19.2 Å². The quantitative estimate of drug-likeness (QED) is 0.604. The van der Waals surface area contributed by atoms with E-state index in [-0.39, 0.29) is 5.41 Å². The number of rotatable bonds is 5. The van der Waals surface area contributed by atoms with E-state index in [2.05, 4.69) is 20.8 Å². The van der Waals surface area contributed by atoms with Gasteiger partial charge in [-0.15, -0.1) is 0 Å². The predicted octanol–water partition coefficient (Wildman–Crippen LogP) is 4.37. The van der Waals surface area contributed by atoms with E-state index in [1.54, 1.807) is 25.1 Å². The third-order valence-corrected chi connectivity index (χ3v) is 3.64. The number of benzene rings is 2. The van der Waals surface area contributed by atoms with E-state index < -0.39 is 12.1 Å². The Labute approximate surface area is 143 Å². The van der Waals surface area contributed by atoms with E-state index >= 15 is 0 Å². The Hall–Kier alpha value is -2.49. The first-order chi connectivity index (χ1) is 11.3. The molecule has 0 bridgehead atoms. The Morgan fingerprint density at radius 1 is 0.958 bits per heavy atom. The molecule has 0 fully saturated rings. The Balaban J connectivity index is 2.01. The van der Waals surface area contributed by atoms with Crippen LogP contribution < -0.4 is 14.2 Å². The number of hydrogen-bond acceptors (Lipinski definition) is 4. The summed E-state index contributed by atoms with van der Waals surface area (Å²) >= 11 is 0. The van der Waals surface area contributed by atoms with Crippen molar-refractivity contribution in [3.8, 4) is 17.2 Å². The third kappa shape index (κ3) is 4.51. The monoisotopic (exact) mass is 328 g/mol. The maximum atomic E-state index is 12.2. The maximum Gasteiger partial charge on any atom is 0.352 e. The van der Waals surface area contributed by atoms with Crippen LogP contribution in [0.3, 0.4) is 0 Å². The highest BCUT2D eigenvalue weighted by Gasteiger charge is 2.19. The number of carbonyl (C=O) groups excluding carboxylic acids is 1. The minimum atomic E-state index is -0.726. The van der Waals surface area contributed by atoms with Crippen molar-refractivity contribution in [1.29, 1.82) is 0 Å². The fourth-order valence-corrected chi connectivity index (χ4v) is 2.18. The Morgan fingerprint density at radius 2 is 1.54 bits per heavy atom. The summed E-state index contributed by atoms with van der Waals surface area (Å²) in [6.07, 6.45) is -0.726. The minimum absolute atomic E-state index is 0.0763. The fraction of sp³-hybridized carbons (Fsp3) is 0.350. The van der Waals surface area contributed by atoms with Crippen LogP contribution in [0.15, 0.2) is 48.5 Å². The van der Waals surface area contributed by atoms with Crippen LogP contribution in [-0.2, 0) is 10.2 Å². The molecule has 0 amide bonds. The van der Waals surface area contributed by atoms with Gasteiger partial charge >= 0.3 is 5.97 Å². The van der Waals surface area contributed by atoms with Crippen molar-refractivity contribution >= 4 is 5.97 Å². The summed E-state index contributed by atoms with van der Waals surface area (Å²) in [5.41, 5.74) is 1.28. The molecule has 0 N–H and O–H groups in total. The van der Waals surface area contributed by atoms with E-state index in [4.69, 9.17) is 14.2 Å². The van der Waals surface area contributed by atoms with Crippen LogP contribution in [0.4, 0.5) is 0 Å². The lowest BCUT2D eigenvalue weighted by molar-refractivity contribution is -0.141. The number of methoxy groups -OCH3 is 1. The lowest BCUT2D eigenvalue weighted by Crippen LogP contribution is -2.28. The third-order valence-electron chi connectivity index (χ3n) is 3.64. The molecule has 0 saturated carbocycles. The molecule has 2 aromatic carbocycles. The van der Waals surface area contributed by atoms with Gasteiger partial charge in [0.25, 0.3) is 0 Å². The number of hydrogen-bond donors (Lipinski definition) is 0. The molecule has 2 aromatic rings. The van der Waals surface area contributed by atoms with Crippen molar-refractivity contribution in [2.45, 2.75) is 39.2 Å². The zero-order chi connectivity index (χ0) is 17.7. The van der Waals surface area contributed by atoms with Crippen molar-refractivity contribution in [3.05, 3.63) is 54.1 Å². The Kier molecular flexibility index (Phi) is 5.50. The van der Waals surface area contributed by atoms with Gasteiger partial charge in [-0.3, -0.25) is 0 Å². The van der Waals surface area contributed by atoms with Gasteiger partial charge in [0.2, 0.25) is 0 Å². The van der Waals surface area contributed by atoms with Gasteiger partial charge < -0.3 is 14.2 Å². The van der Waals surface area contributed by atoms with Crippen LogP contribution in [0.25, 0.3) is 0 Å². The van der Waals surface area contributed by atoms with Gasteiger partial charge in [-0.05, 0) is 42.2 Å². The molecule has 0 spiro atoms. The lowest BCUT2D eigenvalue weighted by atomic mass is 9.87. The van der Waals surface area contributed by atoms with Crippen LogP contribution in [0.2, 0.25) is 0 Å². The largest absolute Gasteiger partial charge is 0.493 e. The van der Waals surface area contributed by atoms with Gasteiger partial charge in [-0.1, -0.05) is 45.0 Å². The molecule has 0 aliphatic heterocycles. The van der Waals surface area contributed by atoms with E-state index in [1.807, 2.05) is 30.3 Å². The Bertz CT molecular complexity index is 684. The van der Waals surface area contributed by atoms with Gasteiger partial charge in [0.15, 0.2) is 17.6 Å². The fourth-order valence-electron chi connectivity index (χ4n) is 2.18. The van der Waals surface area contributed by atoms with Crippen LogP contribution in [0, 0.1) is 0 Å². The molecule has 1 atom stereocenters. The summed E-state index contributed by atoms with van der Waals surface area (Å²) in [5.74, 6) is 1.04. The van der Waals surface area contributed by atoms with Crippen molar-refractivity contribution in [1.82, 2.24) is 0 Å². The normalized spacial score (nSPS) is 12.4. The van der Waals surface area contributed by atoms with Crippen LogP contribution in [0.5, 0.6) is 17.2 Å². The predicted molar refractivity (Wildman–Crippen MR) is 93.9 cm³/mol. The number of carbonyl (C=O) groups is 1. The van der Waals surface area contributed by atoms with Gasteiger partial charge in [0, 0.05) is 0 Å². The minimum Gasteiger partial charge on any atom is -0.493 e. The van der Waals surface area contributed by atoms with Crippen molar-refractivity contribution in [3.63, 3.8) is 0 Å². The average molecular weight is 328 g/mol.